The van der Waals surface area contributed by atoms with Crippen molar-refractivity contribution in [2.24, 2.45) is 11.8 Å². The van der Waals surface area contributed by atoms with Crippen LogP contribution >= 0.6 is 0 Å². The van der Waals surface area contributed by atoms with E-state index >= 15 is 0 Å². The van der Waals surface area contributed by atoms with Crippen LogP contribution in [0.5, 0.6) is 0 Å². The number of nitrogens with one attached hydrogen (secondary N) is 1. The largest absolute Gasteiger partial charge is 0.464 e. The molecule has 0 saturated carbocycles. The molecule has 62 heavy (non-hydrogen) atoms. The van der Waals surface area contributed by atoms with Gasteiger partial charge in [-0.2, -0.15) is 0 Å². The number of carbonyl (C=O) groups is 4. The lowest BCUT2D eigenvalue weighted by Gasteiger charge is -2.22. The molecule has 0 unspecified atom stereocenters. The standard InChI is InChI=1S/C52H99N3O7/c1-7-11-15-19-23-27-31-47(32-28-24-20-16-12-8-2)45-51(58)61-43-39-55(50(57)36-35-49(56)53-37-41-60-42-38-54(5)6)40-44-62-52(59)46-48(33-29-25-21-17-13-9-3)34-30-26-22-18-14-10-4/h35-36,47-48H,7-34,37-46H2,1-6H3,(H,53,56)/b36-35-. The van der Waals surface area contributed by atoms with Gasteiger partial charge in [-0.05, 0) is 51.6 Å². The van der Waals surface area contributed by atoms with E-state index in [2.05, 4.69) is 33.0 Å². The molecular formula is C52H99N3O7. The molecule has 10 nitrogen and oxygen atoms in total. The minimum atomic E-state index is -0.400. The van der Waals surface area contributed by atoms with Crippen molar-refractivity contribution in [1.29, 1.82) is 0 Å². The van der Waals surface area contributed by atoms with Gasteiger partial charge in [0.25, 0.3) is 0 Å². The number of rotatable bonds is 46. The van der Waals surface area contributed by atoms with E-state index < -0.39 is 11.8 Å². The molecule has 0 aliphatic heterocycles. The van der Waals surface area contributed by atoms with E-state index in [4.69, 9.17) is 14.2 Å². The fourth-order valence-corrected chi connectivity index (χ4v) is 7.92. The van der Waals surface area contributed by atoms with Crippen LogP contribution in [0, 0.1) is 11.8 Å². The molecule has 0 atom stereocenters. The molecule has 1 N–H and O–H groups in total. The third-order valence-electron chi connectivity index (χ3n) is 11.9. The highest BCUT2D eigenvalue weighted by atomic mass is 16.5. The molecule has 0 saturated heterocycles. The molecule has 0 aliphatic rings. The third-order valence-corrected chi connectivity index (χ3v) is 11.9. The molecular weight excluding hydrogens is 779 g/mol. The lowest BCUT2D eigenvalue weighted by molar-refractivity contribution is -0.147. The zero-order chi connectivity index (χ0) is 45.7. The van der Waals surface area contributed by atoms with Crippen LogP contribution in [0.2, 0.25) is 0 Å². The zero-order valence-corrected chi connectivity index (χ0v) is 41.4. The average Bonchev–Trinajstić information content (AvgIpc) is 3.25. The summed E-state index contributed by atoms with van der Waals surface area (Å²) in [5.74, 6) is -0.630. The number of carbonyl (C=O) groups excluding carboxylic acids is 4. The topological polar surface area (TPSA) is 114 Å². The average molecular weight is 878 g/mol. The number of amides is 2. The number of hydrogen-bond donors (Lipinski definition) is 1. The molecule has 364 valence electrons. The second-order valence-electron chi connectivity index (χ2n) is 18.2. The highest BCUT2D eigenvalue weighted by Crippen LogP contribution is 2.24. The highest BCUT2D eigenvalue weighted by molar-refractivity contribution is 5.96. The van der Waals surface area contributed by atoms with E-state index in [-0.39, 0.29) is 38.2 Å². The number of likely N-dealkylation sites (N-methyl/N-ethyl adjacent to an activating group) is 1. The fourth-order valence-electron chi connectivity index (χ4n) is 7.92. The van der Waals surface area contributed by atoms with Crippen molar-refractivity contribution in [3.63, 3.8) is 0 Å². The van der Waals surface area contributed by atoms with Gasteiger partial charge in [0.15, 0.2) is 0 Å². The molecule has 0 spiro atoms. The quantitative estimate of drug-likeness (QED) is 0.0365. The summed E-state index contributed by atoms with van der Waals surface area (Å²) in [6.07, 6.45) is 37.0. The van der Waals surface area contributed by atoms with Crippen molar-refractivity contribution in [2.75, 3.05) is 66.7 Å². The second-order valence-corrected chi connectivity index (χ2v) is 18.2. The normalized spacial score (nSPS) is 11.6. The first-order chi connectivity index (χ1) is 30.2. The Morgan fingerprint density at radius 3 is 1.21 bits per heavy atom. The van der Waals surface area contributed by atoms with Crippen LogP contribution in [-0.4, -0.2) is 100 Å². The molecule has 0 aromatic rings. The van der Waals surface area contributed by atoms with E-state index in [0.717, 1.165) is 57.9 Å². The number of ether oxygens (including phenoxy) is 3. The Kier molecular flexibility index (Phi) is 43.3. The number of nitrogens with zero attached hydrogens (tertiary/aromatic N) is 2. The van der Waals surface area contributed by atoms with Gasteiger partial charge < -0.3 is 29.3 Å². The van der Waals surface area contributed by atoms with Crippen LogP contribution in [-0.2, 0) is 33.4 Å². The van der Waals surface area contributed by atoms with E-state index in [0.29, 0.717) is 44.4 Å². The van der Waals surface area contributed by atoms with Crippen LogP contribution < -0.4 is 5.32 Å². The molecule has 0 heterocycles. The first-order valence-corrected chi connectivity index (χ1v) is 25.9. The first kappa shape index (κ1) is 59.5. The summed E-state index contributed by atoms with van der Waals surface area (Å²) in [5.41, 5.74) is 0. The fraction of sp³-hybridized carbons (Fsp3) is 0.885. The molecule has 0 aromatic carbocycles. The summed E-state index contributed by atoms with van der Waals surface area (Å²) < 4.78 is 17.1. The van der Waals surface area contributed by atoms with Gasteiger partial charge in [-0.1, -0.05) is 182 Å². The second kappa shape index (κ2) is 45.1. The summed E-state index contributed by atoms with van der Waals surface area (Å²) >= 11 is 0. The molecule has 2 amide bonds. The van der Waals surface area contributed by atoms with Crippen molar-refractivity contribution < 1.29 is 33.4 Å². The number of unbranched alkanes of at least 4 members (excludes halogenated alkanes) is 20. The van der Waals surface area contributed by atoms with Gasteiger partial charge in [-0.25, -0.2) is 0 Å². The third kappa shape index (κ3) is 40.3. The van der Waals surface area contributed by atoms with Crippen LogP contribution in [0.4, 0.5) is 0 Å². The van der Waals surface area contributed by atoms with Crippen molar-refractivity contribution in [2.45, 2.75) is 220 Å². The SMILES string of the molecule is CCCCCCCCC(CCCCCCCC)CC(=O)OCCN(CCOC(=O)CC(CCCCCCCC)CCCCCCCC)C(=O)/C=C\C(=O)NCCOCCN(C)C. The van der Waals surface area contributed by atoms with Gasteiger partial charge in [0, 0.05) is 38.1 Å². The monoisotopic (exact) mass is 878 g/mol. The van der Waals surface area contributed by atoms with Gasteiger partial charge in [-0.3, -0.25) is 19.2 Å². The van der Waals surface area contributed by atoms with Gasteiger partial charge in [0.1, 0.15) is 13.2 Å². The Morgan fingerprint density at radius 1 is 0.468 bits per heavy atom. The molecule has 0 aromatic heterocycles. The predicted octanol–water partition coefficient (Wildman–Crippen LogP) is 12.2. The minimum absolute atomic E-state index is 0.0438. The van der Waals surface area contributed by atoms with E-state index in [9.17, 15) is 19.2 Å². The van der Waals surface area contributed by atoms with Crippen LogP contribution in [0.25, 0.3) is 0 Å². The maximum absolute atomic E-state index is 13.4. The summed E-state index contributed by atoms with van der Waals surface area (Å²) in [6, 6.07) is 0. The van der Waals surface area contributed by atoms with Gasteiger partial charge in [-0.15, -0.1) is 0 Å². The maximum atomic E-state index is 13.4. The molecule has 0 aliphatic carbocycles. The van der Waals surface area contributed by atoms with Gasteiger partial charge >= 0.3 is 11.9 Å². The first-order valence-electron chi connectivity index (χ1n) is 25.9. The smallest absolute Gasteiger partial charge is 0.306 e. The molecule has 10 heteroatoms. The van der Waals surface area contributed by atoms with Crippen LogP contribution in [0.15, 0.2) is 12.2 Å². The Balaban J connectivity index is 5.42. The molecule has 0 fully saturated rings. The summed E-state index contributed by atoms with van der Waals surface area (Å²) in [7, 11) is 3.95. The Bertz CT molecular complexity index is 997. The van der Waals surface area contributed by atoms with Crippen LogP contribution in [0.3, 0.4) is 0 Å². The summed E-state index contributed by atoms with van der Waals surface area (Å²) in [5, 5.41) is 2.75. The molecule has 0 rings (SSSR count). The Hall–Kier alpha value is -2.46. The maximum Gasteiger partial charge on any atom is 0.306 e. The van der Waals surface area contributed by atoms with E-state index in [1.165, 1.54) is 145 Å². The van der Waals surface area contributed by atoms with Crippen molar-refractivity contribution in [3.05, 3.63) is 12.2 Å². The zero-order valence-electron chi connectivity index (χ0n) is 41.4. The number of hydrogen-bond acceptors (Lipinski definition) is 8. The summed E-state index contributed by atoms with van der Waals surface area (Å²) in [4.78, 5) is 55.8. The molecule has 0 radical (unpaired) electrons. The minimum Gasteiger partial charge on any atom is -0.464 e. The van der Waals surface area contributed by atoms with E-state index in [1.54, 1.807) is 0 Å². The predicted molar refractivity (Wildman–Crippen MR) is 258 cm³/mol. The Morgan fingerprint density at radius 2 is 0.839 bits per heavy atom. The van der Waals surface area contributed by atoms with E-state index in [1.807, 2.05) is 19.0 Å². The van der Waals surface area contributed by atoms with Gasteiger partial charge in [0.2, 0.25) is 11.8 Å². The van der Waals surface area contributed by atoms with Gasteiger partial charge in [0.05, 0.1) is 26.3 Å². The van der Waals surface area contributed by atoms with Crippen molar-refractivity contribution >= 4 is 23.8 Å². The van der Waals surface area contributed by atoms with Crippen molar-refractivity contribution in [1.82, 2.24) is 15.1 Å². The highest BCUT2D eigenvalue weighted by Gasteiger charge is 2.19. The Labute approximate surface area is 382 Å². The van der Waals surface area contributed by atoms with Crippen LogP contribution in [0.1, 0.15) is 220 Å². The number of esters is 2. The lowest BCUT2D eigenvalue weighted by Crippen LogP contribution is -2.37. The van der Waals surface area contributed by atoms with Crippen molar-refractivity contribution in [3.8, 4) is 0 Å². The lowest BCUT2D eigenvalue weighted by atomic mass is 9.91. The summed E-state index contributed by atoms with van der Waals surface area (Å²) in [6.45, 7) is 11.4. The molecule has 0 bridgehead atoms.